The Morgan fingerprint density at radius 2 is 1.90 bits per heavy atom. The number of hydrogen-bond acceptors (Lipinski definition) is 6. The lowest BCUT2D eigenvalue weighted by molar-refractivity contribution is 0.739. The van der Waals surface area contributed by atoms with E-state index in [-0.39, 0.29) is 0 Å². The van der Waals surface area contributed by atoms with E-state index in [1.165, 1.54) is 0 Å². The van der Waals surface area contributed by atoms with Crippen molar-refractivity contribution in [3.63, 3.8) is 0 Å². The molecule has 6 heteroatoms. The molecule has 0 aliphatic heterocycles. The molecular formula is C4H6N6. The molecule has 0 atom stereocenters. The van der Waals surface area contributed by atoms with Gasteiger partial charge < -0.3 is 0 Å². The van der Waals surface area contributed by atoms with Crippen LogP contribution in [-0.4, -0.2) is 27.7 Å². The predicted octanol–water partition coefficient (Wildman–Crippen LogP) is 0.289. The predicted molar refractivity (Wildman–Crippen MR) is 32.8 cm³/mol. The average Bonchev–Trinajstić information content (AvgIpc) is 1.94. The molecule has 0 radical (unpaired) electrons. The molecule has 0 aliphatic rings. The summed E-state index contributed by atoms with van der Waals surface area (Å²) in [6, 6.07) is 0. The quantitative estimate of drug-likeness (QED) is 0.522. The van der Waals surface area contributed by atoms with Crippen LogP contribution in [0.1, 0.15) is 5.69 Å². The van der Waals surface area contributed by atoms with Crippen LogP contribution in [0, 0.1) is 6.92 Å². The zero-order chi connectivity index (χ0) is 7.40. The van der Waals surface area contributed by atoms with Gasteiger partial charge >= 0.3 is 0 Å². The molecule has 0 fully saturated rings. The minimum absolute atomic E-state index is 0.414. The van der Waals surface area contributed by atoms with Crippen LogP contribution >= 0.6 is 0 Å². The molecule has 0 spiro atoms. The molecule has 0 saturated carbocycles. The Hall–Kier alpha value is -1.46. The monoisotopic (exact) mass is 138 g/mol. The van der Waals surface area contributed by atoms with E-state index in [0.717, 1.165) is 0 Å². The topological polar surface area (TPSA) is 76.3 Å². The lowest BCUT2D eigenvalue weighted by Crippen LogP contribution is -1.93. The average molecular weight is 138 g/mol. The van der Waals surface area contributed by atoms with Crippen LogP contribution in [0.4, 0.5) is 5.82 Å². The standard InChI is InChI=1S/C4H6N6/c1-3-4(7-5-2)8-10-9-6-3/h1-2H3. The first-order valence-electron chi connectivity index (χ1n) is 2.67. The summed E-state index contributed by atoms with van der Waals surface area (Å²) in [6.45, 7) is 1.74. The summed E-state index contributed by atoms with van der Waals surface area (Å²) in [7, 11) is 1.56. The zero-order valence-corrected chi connectivity index (χ0v) is 5.68. The van der Waals surface area contributed by atoms with Crippen molar-refractivity contribution in [3.8, 4) is 0 Å². The molecule has 1 aromatic rings. The van der Waals surface area contributed by atoms with Gasteiger partial charge in [-0.15, -0.1) is 15.3 Å². The van der Waals surface area contributed by atoms with E-state index in [1.54, 1.807) is 14.0 Å². The third-order valence-corrected chi connectivity index (χ3v) is 0.892. The molecule has 0 N–H and O–H groups in total. The summed E-state index contributed by atoms with van der Waals surface area (Å²) < 4.78 is 0. The van der Waals surface area contributed by atoms with E-state index < -0.39 is 0 Å². The summed E-state index contributed by atoms with van der Waals surface area (Å²) in [5.41, 5.74) is 0.626. The zero-order valence-electron chi connectivity index (χ0n) is 5.68. The maximum atomic E-state index is 3.66. The van der Waals surface area contributed by atoms with Gasteiger partial charge in [-0.2, -0.15) is 5.11 Å². The summed E-state index contributed by atoms with van der Waals surface area (Å²) in [5.74, 6) is 0.414. The number of rotatable bonds is 1. The normalized spacial score (nSPS) is 10.6. The molecule has 0 aromatic carbocycles. The summed E-state index contributed by atoms with van der Waals surface area (Å²) in [5, 5.41) is 21.0. The molecule has 0 saturated heterocycles. The van der Waals surface area contributed by atoms with E-state index in [9.17, 15) is 0 Å². The van der Waals surface area contributed by atoms with Crippen molar-refractivity contribution in [1.82, 2.24) is 20.6 Å². The molecular weight excluding hydrogens is 132 g/mol. The van der Waals surface area contributed by atoms with E-state index in [1.807, 2.05) is 0 Å². The highest BCUT2D eigenvalue weighted by atomic mass is 15.4. The molecule has 1 aromatic heterocycles. The Bertz CT molecular complexity index is 243. The molecule has 10 heavy (non-hydrogen) atoms. The van der Waals surface area contributed by atoms with E-state index in [2.05, 4.69) is 30.9 Å². The fourth-order valence-electron chi connectivity index (χ4n) is 0.454. The van der Waals surface area contributed by atoms with Crippen LogP contribution in [0.15, 0.2) is 10.2 Å². The van der Waals surface area contributed by atoms with Crippen molar-refractivity contribution in [3.05, 3.63) is 5.69 Å². The Labute approximate surface area is 57.4 Å². The van der Waals surface area contributed by atoms with Crippen molar-refractivity contribution < 1.29 is 0 Å². The first-order valence-corrected chi connectivity index (χ1v) is 2.67. The van der Waals surface area contributed by atoms with Gasteiger partial charge in [0.05, 0.1) is 0 Å². The van der Waals surface area contributed by atoms with Crippen molar-refractivity contribution >= 4 is 5.82 Å². The van der Waals surface area contributed by atoms with Gasteiger partial charge in [-0.3, -0.25) is 0 Å². The fraction of sp³-hybridized carbons (Fsp3) is 0.500. The maximum absolute atomic E-state index is 3.66. The Balaban J connectivity index is 3.03. The van der Waals surface area contributed by atoms with Crippen LogP contribution in [0.5, 0.6) is 0 Å². The number of nitrogens with zero attached hydrogens (tertiary/aromatic N) is 6. The van der Waals surface area contributed by atoms with Gasteiger partial charge in [0.1, 0.15) is 5.69 Å². The lowest BCUT2D eigenvalue weighted by Gasteiger charge is -1.88. The van der Waals surface area contributed by atoms with Gasteiger partial charge in [0.2, 0.25) is 5.82 Å². The second kappa shape index (κ2) is 2.90. The largest absolute Gasteiger partial charge is 0.220 e. The molecule has 0 unspecified atom stereocenters. The molecule has 0 amide bonds. The van der Waals surface area contributed by atoms with Gasteiger partial charge in [0, 0.05) is 7.05 Å². The summed E-state index contributed by atoms with van der Waals surface area (Å²) >= 11 is 0. The summed E-state index contributed by atoms with van der Waals surface area (Å²) in [4.78, 5) is 0. The van der Waals surface area contributed by atoms with Crippen LogP contribution in [0.3, 0.4) is 0 Å². The van der Waals surface area contributed by atoms with E-state index in [0.29, 0.717) is 11.5 Å². The second-order valence-electron chi connectivity index (χ2n) is 1.59. The molecule has 0 aliphatic carbocycles. The van der Waals surface area contributed by atoms with Gasteiger partial charge in [0.15, 0.2) is 0 Å². The Kier molecular flexibility index (Phi) is 1.93. The van der Waals surface area contributed by atoms with Gasteiger partial charge in [-0.05, 0) is 17.4 Å². The van der Waals surface area contributed by atoms with Crippen LogP contribution in [0.2, 0.25) is 0 Å². The SMILES string of the molecule is CN=Nc1nnnnc1C. The molecule has 6 nitrogen and oxygen atoms in total. The van der Waals surface area contributed by atoms with Gasteiger partial charge in [0.25, 0.3) is 0 Å². The molecule has 0 bridgehead atoms. The first-order chi connectivity index (χ1) is 4.84. The number of azo groups is 1. The lowest BCUT2D eigenvalue weighted by atomic mass is 10.5. The second-order valence-corrected chi connectivity index (χ2v) is 1.59. The molecule has 1 rings (SSSR count). The third kappa shape index (κ3) is 1.28. The maximum Gasteiger partial charge on any atom is 0.220 e. The van der Waals surface area contributed by atoms with E-state index >= 15 is 0 Å². The molecule has 1 heterocycles. The Morgan fingerprint density at radius 3 is 2.50 bits per heavy atom. The highest BCUT2D eigenvalue weighted by molar-refractivity contribution is 5.27. The third-order valence-electron chi connectivity index (χ3n) is 0.892. The first kappa shape index (κ1) is 6.66. The molecule has 52 valence electrons. The smallest absolute Gasteiger partial charge is 0.190 e. The van der Waals surface area contributed by atoms with Crippen LogP contribution in [0.25, 0.3) is 0 Å². The number of hydrogen-bond donors (Lipinski definition) is 0. The summed E-state index contributed by atoms with van der Waals surface area (Å²) in [6.07, 6.45) is 0. The fourth-order valence-corrected chi connectivity index (χ4v) is 0.454. The minimum Gasteiger partial charge on any atom is -0.190 e. The Morgan fingerprint density at radius 1 is 1.20 bits per heavy atom. The van der Waals surface area contributed by atoms with Crippen molar-refractivity contribution in [2.75, 3.05) is 7.05 Å². The van der Waals surface area contributed by atoms with Gasteiger partial charge in [-0.25, -0.2) is 0 Å². The van der Waals surface area contributed by atoms with Gasteiger partial charge in [-0.1, -0.05) is 0 Å². The van der Waals surface area contributed by atoms with Crippen LogP contribution < -0.4 is 0 Å². The highest BCUT2D eigenvalue weighted by Crippen LogP contribution is 2.07. The van der Waals surface area contributed by atoms with Crippen molar-refractivity contribution in [2.45, 2.75) is 6.92 Å². The number of aromatic nitrogens is 4. The van der Waals surface area contributed by atoms with Crippen molar-refractivity contribution in [2.24, 2.45) is 10.2 Å². The minimum atomic E-state index is 0.414. The van der Waals surface area contributed by atoms with E-state index in [4.69, 9.17) is 0 Å². The van der Waals surface area contributed by atoms with Crippen LogP contribution in [-0.2, 0) is 0 Å². The highest BCUT2D eigenvalue weighted by Gasteiger charge is 1.97. The van der Waals surface area contributed by atoms with Crippen molar-refractivity contribution in [1.29, 1.82) is 0 Å². The number of aryl methyl sites for hydroxylation is 1.